The average molecular weight is 429 g/mol. The zero-order valence-electron chi connectivity index (χ0n) is 21.5. The Morgan fingerprint density at radius 2 is 1.34 bits per heavy atom. The van der Waals surface area contributed by atoms with E-state index in [0.29, 0.717) is 0 Å². The van der Waals surface area contributed by atoms with Crippen molar-refractivity contribution in [1.82, 2.24) is 0 Å². The fourth-order valence-corrected chi connectivity index (χ4v) is 5.86. The van der Waals surface area contributed by atoms with Crippen molar-refractivity contribution in [1.29, 1.82) is 0 Å². The molecule has 0 aromatic heterocycles. The Bertz CT molecular complexity index is 1090. The van der Waals surface area contributed by atoms with E-state index in [0.717, 1.165) is 13.0 Å². The summed E-state index contributed by atoms with van der Waals surface area (Å²) in [4.78, 5) is 5.05. The summed E-state index contributed by atoms with van der Waals surface area (Å²) in [6.45, 7) is 22.2. The van der Waals surface area contributed by atoms with Crippen LogP contribution in [-0.4, -0.2) is 12.1 Å². The molecule has 0 fully saturated rings. The van der Waals surface area contributed by atoms with E-state index in [1.165, 1.54) is 39.5 Å². The van der Waals surface area contributed by atoms with E-state index < -0.39 is 0 Å². The van der Waals surface area contributed by atoms with Gasteiger partial charge in [0.2, 0.25) is 0 Å². The van der Waals surface area contributed by atoms with Crippen LogP contribution >= 0.6 is 0 Å². The second kappa shape index (κ2) is 7.54. The van der Waals surface area contributed by atoms with Gasteiger partial charge >= 0.3 is 0 Å². The van der Waals surface area contributed by atoms with Gasteiger partial charge in [0, 0.05) is 45.7 Å². The van der Waals surface area contributed by atoms with Gasteiger partial charge in [0.15, 0.2) is 0 Å². The predicted octanol–water partition coefficient (Wildman–Crippen LogP) is 7.97. The Balaban J connectivity index is 1.64. The molecule has 32 heavy (non-hydrogen) atoms. The number of benzene rings is 2. The largest absolute Gasteiger partial charge is 0.345 e. The van der Waals surface area contributed by atoms with E-state index in [9.17, 15) is 0 Å². The molecule has 2 nitrogen and oxygen atoms in total. The monoisotopic (exact) mass is 428 g/mol. The zero-order valence-corrected chi connectivity index (χ0v) is 21.5. The number of hydrogen-bond acceptors (Lipinski definition) is 2. The number of allylic oxidation sites excluding steroid dienone is 2. The van der Waals surface area contributed by atoms with Crippen molar-refractivity contribution < 1.29 is 0 Å². The fourth-order valence-electron chi connectivity index (χ4n) is 5.86. The highest BCUT2D eigenvalue weighted by molar-refractivity contribution is 5.62. The van der Waals surface area contributed by atoms with Crippen LogP contribution < -0.4 is 9.80 Å². The van der Waals surface area contributed by atoms with Crippen molar-refractivity contribution in [2.24, 2.45) is 10.8 Å². The Labute approximate surface area is 195 Å². The van der Waals surface area contributed by atoms with Crippen molar-refractivity contribution in [2.45, 2.75) is 74.3 Å². The molecule has 170 valence electrons. The summed E-state index contributed by atoms with van der Waals surface area (Å²) in [5.74, 6) is 0. The maximum atomic E-state index is 2.56. The lowest BCUT2D eigenvalue weighted by atomic mass is 9.72. The molecule has 2 heterocycles. The summed E-state index contributed by atoms with van der Waals surface area (Å²) in [5.41, 5.74) is 10.1. The molecule has 1 unspecified atom stereocenters. The van der Waals surface area contributed by atoms with Crippen LogP contribution in [0.1, 0.15) is 67.9 Å². The molecule has 0 saturated carbocycles. The quantitative estimate of drug-likeness (QED) is 0.487. The summed E-state index contributed by atoms with van der Waals surface area (Å²) in [6.07, 6.45) is 1.05. The summed E-state index contributed by atoms with van der Waals surface area (Å²) >= 11 is 0. The Kier molecular flexibility index (Phi) is 5.35. The van der Waals surface area contributed by atoms with Gasteiger partial charge in [-0.05, 0) is 88.9 Å². The first-order valence-corrected chi connectivity index (χ1v) is 12.0. The van der Waals surface area contributed by atoms with Gasteiger partial charge < -0.3 is 9.80 Å². The molecule has 2 aromatic rings. The molecule has 0 saturated heterocycles. The minimum atomic E-state index is 0.0353. The number of nitrogens with zero attached hydrogens (tertiary/aromatic N) is 2. The molecule has 0 spiro atoms. The number of para-hydroxylation sites is 1. The molecule has 0 bridgehead atoms. The molecule has 2 aliphatic rings. The van der Waals surface area contributed by atoms with Crippen LogP contribution in [0.5, 0.6) is 0 Å². The molecule has 4 rings (SSSR count). The molecule has 2 aliphatic heterocycles. The van der Waals surface area contributed by atoms with E-state index in [4.69, 9.17) is 0 Å². The van der Waals surface area contributed by atoms with Gasteiger partial charge in [0.1, 0.15) is 0 Å². The first kappa shape index (κ1) is 22.7. The number of hydrogen-bond donors (Lipinski definition) is 0. The zero-order chi connectivity index (χ0) is 23.5. The van der Waals surface area contributed by atoms with E-state index in [1.807, 2.05) is 0 Å². The molecule has 0 N–H and O–H groups in total. The first-order chi connectivity index (χ1) is 14.9. The molecule has 0 aliphatic carbocycles. The topological polar surface area (TPSA) is 6.48 Å². The van der Waals surface area contributed by atoms with Crippen LogP contribution in [0, 0.1) is 10.8 Å². The van der Waals surface area contributed by atoms with Crippen LogP contribution in [0.4, 0.5) is 11.4 Å². The third kappa shape index (κ3) is 3.31. The highest BCUT2D eigenvalue weighted by Gasteiger charge is 2.50. The normalized spacial score (nSPS) is 24.7. The van der Waals surface area contributed by atoms with Gasteiger partial charge in [-0.3, -0.25) is 0 Å². The maximum Gasteiger partial charge on any atom is 0.0480 e. The Morgan fingerprint density at radius 3 is 1.94 bits per heavy atom. The predicted molar refractivity (Wildman–Crippen MR) is 139 cm³/mol. The van der Waals surface area contributed by atoms with Crippen LogP contribution in [0.3, 0.4) is 0 Å². The van der Waals surface area contributed by atoms with Gasteiger partial charge in [-0.25, -0.2) is 0 Å². The summed E-state index contributed by atoms with van der Waals surface area (Å²) in [6, 6.07) is 20.1. The Hall–Kier alpha value is -2.48. The van der Waals surface area contributed by atoms with Crippen molar-refractivity contribution in [3.05, 3.63) is 82.7 Å². The molecule has 2 aromatic carbocycles. The minimum Gasteiger partial charge on any atom is -0.345 e. The van der Waals surface area contributed by atoms with Crippen LogP contribution in [0.2, 0.25) is 0 Å². The maximum absolute atomic E-state index is 2.56. The van der Waals surface area contributed by atoms with Crippen LogP contribution in [-0.2, 0) is 6.42 Å². The van der Waals surface area contributed by atoms with Crippen molar-refractivity contribution in [2.75, 3.05) is 16.3 Å². The highest BCUT2D eigenvalue weighted by Crippen LogP contribution is 2.52. The van der Waals surface area contributed by atoms with Gasteiger partial charge in [-0.2, -0.15) is 0 Å². The summed E-state index contributed by atoms with van der Waals surface area (Å²) in [7, 11) is 0. The number of rotatable bonds is 4. The van der Waals surface area contributed by atoms with E-state index >= 15 is 0 Å². The molecule has 2 heteroatoms. The second-order valence-electron chi connectivity index (χ2n) is 11.3. The number of anilines is 2. The highest BCUT2D eigenvalue weighted by atomic mass is 15.2. The van der Waals surface area contributed by atoms with Gasteiger partial charge in [0.05, 0.1) is 0 Å². The standard InChI is InChI=1S/C30H40N2/c1-21-24(4)32(29(7,8)28(21,5)6)27-17-13-14-25(18-27)19-30(9)20-31(23(3)22(30)2)26-15-11-10-12-16-26/h10-18H,19-20H2,1-9H3. The van der Waals surface area contributed by atoms with Crippen molar-refractivity contribution in [3.8, 4) is 0 Å². The molecule has 0 radical (unpaired) electrons. The summed E-state index contributed by atoms with van der Waals surface area (Å²) in [5, 5.41) is 0. The lowest BCUT2D eigenvalue weighted by Gasteiger charge is -2.44. The smallest absolute Gasteiger partial charge is 0.0480 e. The van der Waals surface area contributed by atoms with Crippen molar-refractivity contribution >= 4 is 11.4 Å². The molecule has 0 amide bonds. The van der Waals surface area contributed by atoms with E-state index in [2.05, 4.69) is 127 Å². The minimum absolute atomic E-state index is 0.0353. The molecular weight excluding hydrogens is 388 g/mol. The lowest BCUT2D eigenvalue weighted by Crippen LogP contribution is -2.48. The van der Waals surface area contributed by atoms with E-state index in [-0.39, 0.29) is 16.4 Å². The third-order valence-corrected chi connectivity index (χ3v) is 9.10. The third-order valence-electron chi connectivity index (χ3n) is 9.10. The SMILES string of the molecule is CC1=C(C)C(C)(Cc2cccc(N3C(C)=C(C)C(C)(C)C3(C)C)c2)CN1c1ccccc1. The fraction of sp³-hybridized carbons (Fsp3) is 0.467. The van der Waals surface area contributed by atoms with Gasteiger partial charge in [0.25, 0.3) is 0 Å². The first-order valence-electron chi connectivity index (χ1n) is 12.0. The van der Waals surface area contributed by atoms with Crippen LogP contribution in [0.15, 0.2) is 77.1 Å². The van der Waals surface area contributed by atoms with E-state index in [1.54, 1.807) is 0 Å². The average Bonchev–Trinajstić information content (AvgIpc) is 3.04. The van der Waals surface area contributed by atoms with Crippen molar-refractivity contribution in [3.63, 3.8) is 0 Å². The molecular formula is C30H40N2. The Morgan fingerprint density at radius 1 is 0.719 bits per heavy atom. The lowest BCUT2D eigenvalue weighted by molar-refractivity contribution is 0.274. The summed E-state index contributed by atoms with van der Waals surface area (Å²) < 4.78 is 0. The van der Waals surface area contributed by atoms with Crippen LogP contribution in [0.25, 0.3) is 0 Å². The molecule has 1 atom stereocenters. The van der Waals surface area contributed by atoms with Gasteiger partial charge in [-0.15, -0.1) is 0 Å². The van der Waals surface area contributed by atoms with Gasteiger partial charge in [-0.1, -0.05) is 51.1 Å². The second-order valence-corrected chi connectivity index (χ2v) is 11.3.